The predicted octanol–water partition coefficient (Wildman–Crippen LogP) is 7.17. The molecule has 2 heterocycles. The summed E-state index contributed by atoms with van der Waals surface area (Å²) in [6.07, 6.45) is -4.37. The second-order valence-corrected chi connectivity index (χ2v) is 11.7. The van der Waals surface area contributed by atoms with Crippen LogP contribution in [0.3, 0.4) is 0 Å². The highest BCUT2D eigenvalue weighted by atomic mass is 19.4. The number of nitrogens with zero attached hydrogens (tertiary/aromatic N) is 1. The standard InChI is InChI=1S/C33H29F3N2O5/c1-32(2)15-23-28(24(39)16-32)27(19-10-13-25-26(14-19)43-17-42-25)29(30(40)18-8-11-20(41-3)12-9-18)31(37)38(23)22-7-5-4-6-21(22)33(34,35)36/h4-14,27,29,37H,15-17H2,1-3H3. The Balaban J connectivity index is 1.63. The Hall–Kier alpha value is -4.60. The maximum atomic E-state index is 14.4. The molecule has 43 heavy (non-hydrogen) atoms. The lowest BCUT2D eigenvalue weighted by molar-refractivity contribution is -0.137. The van der Waals surface area contributed by atoms with Crippen molar-refractivity contribution in [2.75, 3.05) is 18.8 Å². The van der Waals surface area contributed by atoms with Gasteiger partial charge in [0.1, 0.15) is 11.6 Å². The molecule has 3 aromatic carbocycles. The third-order valence-corrected chi connectivity index (χ3v) is 8.21. The van der Waals surface area contributed by atoms with Gasteiger partial charge in [-0.1, -0.05) is 32.0 Å². The van der Waals surface area contributed by atoms with E-state index in [0.29, 0.717) is 28.5 Å². The molecule has 0 aromatic heterocycles. The Labute approximate surface area is 246 Å². The van der Waals surface area contributed by atoms with Crippen molar-refractivity contribution in [1.29, 1.82) is 5.41 Å². The largest absolute Gasteiger partial charge is 0.497 e. The van der Waals surface area contributed by atoms with Crippen LogP contribution in [-0.4, -0.2) is 31.3 Å². The molecule has 1 N–H and O–H groups in total. The first-order chi connectivity index (χ1) is 20.4. The first kappa shape index (κ1) is 28.5. The average Bonchev–Trinajstić information content (AvgIpc) is 3.43. The molecule has 10 heteroatoms. The van der Waals surface area contributed by atoms with E-state index in [-0.39, 0.29) is 48.1 Å². The minimum atomic E-state index is -4.74. The zero-order valence-corrected chi connectivity index (χ0v) is 23.7. The molecule has 2 unspecified atom stereocenters. The number of ketones is 2. The van der Waals surface area contributed by atoms with Gasteiger partial charge < -0.3 is 19.1 Å². The lowest BCUT2D eigenvalue weighted by Gasteiger charge is -2.47. The lowest BCUT2D eigenvalue weighted by atomic mass is 9.65. The van der Waals surface area contributed by atoms with Gasteiger partial charge in [-0.05, 0) is 65.9 Å². The number of halogens is 3. The van der Waals surface area contributed by atoms with Gasteiger partial charge in [0.15, 0.2) is 23.1 Å². The van der Waals surface area contributed by atoms with Crippen LogP contribution < -0.4 is 19.1 Å². The number of allylic oxidation sites excluding steroid dienone is 2. The SMILES string of the molecule is COc1ccc(C(=O)C2C(=N)N(c3ccccc3C(F)(F)F)C3=C(C(=O)CC(C)(C)C3)C2c2ccc3c(c2)OCO3)cc1. The van der Waals surface area contributed by atoms with Crippen molar-refractivity contribution in [3.8, 4) is 17.2 Å². The number of carbonyl (C=O) groups is 2. The summed E-state index contributed by atoms with van der Waals surface area (Å²) in [5, 5.41) is 9.46. The van der Waals surface area contributed by atoms with E-state index in [1.54, 1.807) is 42.5 Å². The highest BCUT2D eigenvalue weighted by Crippen LogP contribution is 2.53. The van der Waals surface area contributed by atoms with E-state index in [2.05, 4.69) is 0 Å². The molecule has 0 saturated carbocycles. The predicted molar refractivity (Wildman–Crippen MR) is 153 cm³/mol. The summed E-state index contributed by atoms with van der Waals surface area (Å²) in [6, 6.07) is 16.4. The Morgan fingerprint density at radius 2 is 1.70 bits per heavy atom. The fourth-order valence-corrected chi connectivity index (χ4v) is 6.32. The van der Waals surface area contributed by atoms with Gasteiger partial charge in [0.25, 0.3) is 0 Å². The number of carbonyl (C=O) groups excluding carboxylic acids is 2. The minimum absolute atomic E-state index is 0.0105. The second-order valence-electron chi connectivity index (χ2n) is 11.7. The molecule has 2 atom stereocenters. The normalized spacial score (nSPS) is 21.1. The lowest BCUT2D eigenvalue weighted by Crippen LogP contribution is -2.51. The molecule has 222 valence electrons. The van der Waals surface area contributed by atoms with Crippen molar-refractivity contribution in [1.82, 2.24) is 0 Å². The number of rotatable bonds is 5. The number of Topliss-reactive ketones (excluding diaryl/α,β-unsaturated/α-hetero) is 2. The Morgan fingerprint density at radius 1 is 1.00 bits per heavy atom. The highest BCUT2D eigenvalue weighted by Gasteiger charge is 2.51. The van der Waals surface area contributed by atoms with Crippen molar-refractivity contribution in [3.05, 3.63) is 94.7 Å². The van der Waals surface area contributed by atoms with Crippen molar-refractivity contribution in [2.24, 2.45) is 11.3 Å². The summed E-state index contributed by atoms with van der Waals surface area (Å²) in [6.45, 7) is 3.75. The van der Waals surface area contributed by atoms with Gasteiger partial charge in [-0.15, -0.1) is 0 Å². The quantitative estimate of drug-likeness (QED) is 0.317. The number of alkyl halides is 3. The molecule has 0 amide bonds. The third-order valence-electron chi connectivity index (χ3n) is 8.21. The van der Waals surface area contributed by atoms with E-state index in [0.717, 1.165) is 6.07 Å². The number of para-hydroxylation sites is 1. The van der Waals surface area contributed by atoms with Gasteiger partial charge in [-0.2, -0.15) is 13.2 Å². The number of fused-ring (bicyclic) bond motifs is 1. The molecule has 6 rings (SSSR count). The van der Waals surface area contributed by atoms with Gasteiger partial charge in [0, 0.05) is 29.2 Å². The van der Waals surface area contributed by atoms with E-state index < -0.39 is 34.8 Å². The van der Waals surface area contributed by atoms with Crippen LogP contribution in [0.25, 0.3) is 0 Å². The number of hydrogen-bond acceptors (Lipinski definition) is 6. The van der Waals surface area contributed by atoms with E-state index in [1.807, 2.05) is 13.8 Å². The Kier molecular flexibility index (Phi) is 6.82. The Bertz CT molecular complexity index is 1680. The van der Waals surface area contributed by atoms with Crippen molar-refractivity contribution < 1.29 is 37.0 Å². The van der Waals surface area contributed by atoms with E-state index in [4.69, 9.17) is 14.2 Å². The van der Waals surface area contributed by atoms with Crippen LogP contribution in [-0.2, 0) is 11.0 Å². The van der Waals surface area contributed by atoms with Crippen LogP contribution in [0.4, 0.5) is 18.9 Å². The summed E-state index contributed by atoms with van der Waals surface area (Å²) in [7, 11) is 1.49. The topological polar surface area (TPSA) is 88.9 Å². The van der Waals surface area contributed by atoms with Gasteiger partial charge in [-0.25, -0.2) is 0 Å². The van der Waals surface area contributed by atoms with Crippen molar-refractivity contribution >= 4 is 23.1 Å². The maximum Gasteiger partial charge on any atom is 0.418 e. The average molecular weight is 591 g/mol. The summed E-state index contributed by atoms with van der Waals surface area (Å²) < 4.78 is 59.4. The van der Waals surface area contributed by atoms with Crippen LogP contribution in [0.5, 0.6) is 17.2 Å². The van der Waals surface area contributed by atoms with Gasteiger partial charge in [-0.3, -0.25) is 15.0 Å². The number of hydrogen-bond donors (Lipinski definition) is 1. The van der Waals surface area contributed by atoms with Gasteiger partial charge in [0.2, 0.25) is 6.79 Å². The smallest absolute Gasteiger partial charge is 0.418 e. The number of ether oxygens (including phenoxy) is 3. The number of methoxy groups -OCH3 is 1. The molecule has 0 bridgehead atoms. The van der Waals surface area contributed by atoms with Crippen LogP contribution in [0.15, 0.2) is 78.0 Å². The molecular weight excluding hydrogens is 561 g/mol. The molecule has 0 saturated heterocycles. The molecule has 0 radical (unpaired) electrons. The van der Waals surface area contributed by atoms with Crippen LogP contribution in [0.2, 0.25) is 0 Å². The molecule has 7 nitrogen and oxygen atoms in total. The summed E-state index contributed by atoms with van der Waals surface area (Å²) in [5.41, 5.74) is -0.548. The van der Waals surface area contributed by atoms with Crippen molar-refractivity contribution in [3.63, 3.8) is 0 Å². The number of anilines is 1. The van der Waals surface area contributed by atoms with Crippen LogP contribution in [0, 0.1) is 16.7 Å². The molecule has 1 aliphatic carbocycles. The molecule has 2 aliphatic heterocycles. The Morgan fingerprint density at radius 3 is 2.40 bits per heavy atom. The molecule has 3 aliphatic rings. The summed E-state index contributed by atoms with van der Waals surface area (Å²) >= 11 is 0. The number of benzene rings is 3. The maximum absolute atomic E-state index is 14.4. The van der Waals surface area contributed by atoms with Crippen molar-refractivity contribution in [2.45, 2.75) is 38.8 Å². The summed E-state index contributed by atoms with van der Waals surface area (Å²) in [4.78, 5) is 29.6. The third kappa shape index (κ3) is 4.94. The van der Waals surface area contributed by atoms with E-state index in [9.17, 15) is 28.2 Å². The fraction of sp³-hybridized carbons (Fsp3) is 0.303. The zero-order valence-electron chi connectivity index (χ0n) is 23.7. The highest BCUT2D eigenvalue weighted by molar-refractivity contribution is 6.21. The van der Waals surface area contributed by atoms with E-state index in [1.165, 1.54) is 30.2 Å². The molecule has 0 fully saturated rings. The van der Waals surface area contributed by atoms with Gasteiger partial charge >= 0.3 is 6.18 Å². The summed E-state index contributed by atoms with van der Waals surface area (Å²) in [5.74, 6) is -1.95. The molecule has 0 spiro atoms. The second kappa shape index (κ2) is 10.3. The van der Waals surface area contributed by atoms with Crippen LogP contribution in [0.1, 0.15) is 54.1 Å². The minimum Gasteiger partial charge on any atom is -0.497 e. The van der Waals surface area contributed by atoms with Crippen LogP contribution >= 0.6 is 0 Å². The first-order valence-electron chi connectivity index (χ1n) is 13.8. The van der Waals surface area contributed by atoms with E-state index >= 15 is 0 Å². The number of amidine groups is 1. The van der Waals surface area contributed by atoms with Gasteiger partial charge in [0.05, 0.1) is 24.3 Å². The zero-order chi connectivity index (χ0) is 30.7. The number of nitrogens with one attached hydrogen (secondary N) is 1. The molecule has 3 aromatic rings. The molecular formula is C33H29F3N2O5. The fourth-order valence-electron chi connectivity index (χ4n) is 6.32. The monoisotopic (exact) mass is 590 g/mol. The first-order valence-corrected chi connectivity index (χ1v) is 13.8.